The Hall–Kier alpha value is -0.150. The minimum absolute atomic E-state index is 0.0146. The number of halogens is 1. The van der Waals surface area contributed by atoms with Gasteiger partial charge in [0.15, 0.2) is 0 Å². The number of rotatable bonds is 1. The van der Waals surface area contributed by atoms with Crippen molar-refractivity contribution in [1.29, 1.82) is 0 Å². The summed E-state index contributed by atoms with van der Waals surface area (Å²) in [5.74, 6) is 0. The van der Waals surface area contributed by atoms with Crippen LogP contribution in [-0.4, -0.2) is 30.1 Å². The van der Waals surface area contributed by atoms with Crippen molar-refractivity contribution in [2.45, 2.75) is 31.7 Å². The van der Waals surface area contributed by atoms with E-state index in [1.807, 2.05) is 6.92 Å². The van der Waals surface area contributed by atoms with E-state index < -0.39 is 18.9 Å². The van der Waals surface area contributed by atoms with Gasteiger partial charge in [0, 0.05) is 6.42 Å². The summed E-state index contributed by atoms with van der Waals surface area (Å²) in [6.45, 7) is 1.25. The third-order valence-corrected chi connectivity index (χ3v) is 1.56. The Morgan fingerprint density at radius 2 is 2.44 bits per heavy atom. The highest BCUT2D eigenvalue weighted by Crippen LogP contribution is 2.19. The molecule has 0 aromatic carbocycles. The van der Waals surface area contributed by atoms with Crippen LogP contribution in [0.4, 0.5) is 4.39 Å². The maximum atomic E-state index is 11.8. The van der Waals surface area contributed by atoms with Gasteiger partial charge in [0.25, 0.3) is 0 Å². The van der Waals surface area contributed by atoms with Gasteiger partial charge >= 0.3 is 0 Å². The van der Waals surface area contributed by atoms with Crippen LogP contribution in [0.3, 0.4) is 0 Å². The van der Waals surface area contributed by atoms with Crippen LogP contribution in [0.2, 0.25) is 0 Å². The molecular formula is C6H11FO2. The summed E-state index contributed by atoms with van der Waals surface area (Å²) in [4.78, 5) is 0. The quantitative estimate of drug-likeness (QED) is 0.565. The second-order valence-corrected chi connectivity index (χ2v) is 2.44. The normalized spacial score (nSPS) is 43.7. The maximum Gasteiger partial charge on any atom is 0.118 e. The molecule has 0 radical (unpaired) electrons. The van der Waals surface area contributed by atoms with E-state index >= 15 is 0 Å². The summed E-state index contributed by atoms with van der Waals surface area (Å²) in [6.07, 6.45) is -0.583. The molecule has 1 unspecified atom stereocenters. The lowest BCUT2D eigenvalue weighted by molar-refractivity contribution is 0.00206. The molecule has 1 rings (SSSR count). The van der Waals surface area contributed by atoms with E-state index in [4.69, 9.17) is 9.84 Å². The van der Waals surface area contributed by atoms with E-state index in [9.17, 15) is 4.39 Å². The van der Waals surface area contributed by atoms with Crippen molar-refractivity contribution >= 4 is 0 Å². The molecule has 54 valence electrons. The number of aliphatic hydroxyl groups is 1. The van der Waals surface area contributed by atoms with E-state index in [2.05, 4.69) is 0 Å². The molecule has 1 heterocycles. The van der Waals surface area contributed by atoms with Crippen molar-refractivity contribution in [2.75, 3.05) is 6.67 Å². The summed E-state index contributed by atoms with van der Waals surface area (Å²) in [7, 11) is 0. The van der Waals surface area contributed by atoms with E-state index in [1.54, 1.807) is 0 Å². The van der Waals surface area contributed by atoms with Crippen LogP contribution in [0, 0.1) is 0 Å². The van der Waals surface area contributed by atoms with Gasteiger partial charge < -0.3 is 9.84 Å². The van der Waals surface area contributed by atoms with Crippen molar-refractivity contribution in [3.63, 3.8) is 0 Å². The summed E-state index contributed by atoms with van der Waals surface area (Å²) in [6, 6.07) is 0. The van der Waals surface area contributed by atoms with Gasteiger partial charge in [-0.05, 0) is 6.92 Å². The highest BCUT2D eigenvalue weighted by molar-refractivity contribution is 4.78. The zero-order chi connectivity index (χ0) is 6.85. The Kier molecular flexibility index (Phi) is 2.03. The van der Waals surface area contributed by atoms with Gasteiger partial charge in [-0.2, -0.15) is 0 Å². The lowest BCUT2D eigenvalue weighted by Crippen LogP contribution is -2.22. The minimum atomic E-state index is -0.593. The van der Waals surface area contributed by atoms with Crippen LogP contribution < -0.4 is 0 Å². The van der Waals surface area contributed by atoms with Crippen molar-refractivity contribution in [3.05, 3.63) is 0 Å². The molecular weight excluding hydrogens is 123 g/mol. The van der Waals surface area contributed by atoms with Gasteiger partial charge in [0.05, 0.1) is 12.2 Å². The monoisotopic (exact) mass is 134 g/mol. The number of ether oxygens (including phenoxy) is 1. The Morgan fingerprint density at radius 1 is 1.78 bits per heavy atom. The highest BCUT2D eigenvalue weighted by Gasteiger charge is 2.30. The molecule has 0 saturated carbocycles. The first-order valence-corrected chi connectivity index (χ1v) is 3.13. The fraction of sp³-hybridized carbons (Fsp3) is 1.00. The molecule has 3 heteroatoms. The third-order valence-electron chi connectivity index (χ3n) is 1.56. The number of alkyl halides is 1. The van der Waals surface area contributed by atoms with Crippen LogP contribution >= 0.6 is 0 Å². The van der Waals surface area contributed by atoms with E-state index in [0.29, 0.717) is 6.42 Å². The first kappa shape index (κ1) is 6.96. The summed E-state index contributed by atoms with van der Waals surface area (Å²) in [5.41, 5.74) is 0. The zero-order valence-corrected chi connectivity index (χ0v) is 5.38. The second-order valence-electron chi connectivity index (χ2n) is 2.44. The fourth-order valence-corrected chi connectivity index (χ4v) is 1.08. The predicted molar refractivity (Wildman–Crippen MR) is 30.9 cm³/mol. The average molecular weight is 134 g/mol. The lowest BCUT2D eigenvalue weighted by atomic mass is 10.2. The summed E-state index contributed by atoms with van der Waals surface area (Å²) in [5, 5.41) is 8.99. The van der Waals surface area contributed by atoms with Crippen LogP contribution in [0.15, 0.2) is 0 Å². The SMILES string of the molecule is C[C@H]1C[C@H](O)C(CF)O1. The Morgan fingerprint density at radius 3 is 2.67 bits per heavy atom. The smallest absolute Gasteiger partial charge is 0.118 e. The topological polar surface area (TPSA) is 29.5 Å². The second kappa shape index (κ2) is 2.62. The van der Waals surface area contributed by atoms with Gasteiger partial charge in [-0.25, -0.2) is 4.39 Å². The van der Waals surface area contributed by atoms with E-state index in [1.165, 1.54) is 0 Å². The number of aliphatic hydroxyl groups excluding tert-OH is 1. The third kappa shape index (κ3) is 1.40. The molecule has 1 aliphatic heterocycles. The Balaban J connectivity index is 2.38. The molecule has 1 aliphatic rings. The fourth-order valence-electron chi connectivity index (χ4n) is 1.08. The average Bonchev–Trinajstić information content (AvgIpc) is 2.10. The van der Waals surface area contributed by atoms with Crippen molar-refractivity contribution in [2.24, 2.45) is 0 Å². The van der Waals surface area contributed by atoms with E-state index in [-0.39, 0.29) is 6.10 Å². The summed E-state index contributed by atoms with van der Waals surface area (Å²) < 4.78 is 16.8. The molecule has 1 N–H and O–H groups in total. The van der Waals surface area contributed by atoms with Crippen LogP contribution in [0.25, 0.3) is 0 Å². The van der Waals surface area contributed by atoms with Crippen molar-refractivity contribution in [3.8, 4) is 0 Å². The molecule has 0 aromatic heterocycles. The van der Waals surface area contributed by atoms with Crippen molar-refractivity contribution in [1.82, 2.24) is 0 Å². The van der Waals surface area contributed by atoms with Gasteiger partial charge in [0.1, 0.15) is 12.8 Å². The predicted octanol–water partition coefficient (Wildman–Crippen LogP) is 0.494. The Labute approximate surface area is 53.6 Å². The molecule has 2 nitrogen and oxygen atoms in total. The molecule has 0 spiro atoms. The first-order valence-electron chi connectivity index (χ1n) is 3.13. The zero-order valence-electron chi connectivity index (χ0n) is 5.38. The standard InChI is InChI=1S/C6H11FO2/c1-4-2-5(8)6(3-7)9-4/h4-6,8H,2-3H2,1H3/t4-,5-,6?/m0/s1. The molecule has 0 aromatic rings. The van der Waals surface area contributed by atoms with E-state index in [0.717, 1.165) is 0 Å². The van der Waals surface area contributed by atoms with Gasteiger partial charge in [-0.3, -0.25) is 0 Å². The van der Waals surface area contributed by atoms with Gasteiger partial charge in [0.2, 0.25) is 0 Å². The minimum Gasteiger partial charge on any atom is -0.390 e. The molecule has 3 atom stereocenters. The maximum absolute atomic E-state index is 11.8. The Bertz CT molecular complexity index is 97.1. The van der Waals surface area contributed by atoms with Crippen LogP contribution in [-0.2, 0) is 4.74 Å². The molecule has 9 heavy (non-hydrogen) atoms. The molecule has 1 saturated heterocycles. The van der Waals surface area contributed by atoms with Crippen LogP contribution in [0.1, 0.15) is 13.3 Å². The molecule has 0 aliphatic carbocycles. The lowest BCUT2D eigenvalue weighted by Gasteiger charge is -2.07. The summed E-state index contributed by atoms with van der Waals surface area (Å²) >= 11 is 0. The first-order chi connectivity index (χ1) is 4.24. The molecule has 1 fully saturated rings. The largest absolute Gasteiger partial charge is 0.390 e. The van der Waals surface area contributed by atoms with Crippen molar-refractivity contribution < 1.29 is 14.2 Å². The molecule has 0 bridgehead atoms. The highest BCUT2D eigenvalue weighted by atomic mass is 19.1. The molecule has 0 amide bonds. The number of hydrogen-bond donors (Lipinski definition) is 1. The van der Waals surface area contributed by atoms with Gasteiger partial charge in [-0.1, -0.05) is 0 Å². The van der Waals surface area contributed by atoms with Gasteiger partial charge in [-0.15, -0.1) is 0 Å². The van der Waals surface area contributed by atoms with Crippen LogP contribution in [0.5, 0.6) is 0 Å². The number of hydrogen-bond acceptors (Lipinski definition) is 2.